The number of nitrogens with zero attached hydrogens (tertiary/aromatic N) is 2. The number of hydrogen-bond acceptors (Lipinski definition) is 4. The minimum absolute atomic E-state index is 0.00114. The van der Waals surface area contributed by atoms with Gasteiger partial charge in [-0.3, -0.25) is 9.10 Å². The van der Waals surface area contributed by atoms with E-state index in [9.17, 15) is 13.2 Å². The first-order valence-corrected chi connectivity index (χ1v) is 10.8. The van der Waals surface area contributed by atoms with Gasteiger partial charge >= 0.3 is 0 Å². The number of ether oxygens (including phenoxy) is 1. The maximum Gasteiger partial charge on any atom is 0.264 e. The molecule has 1 aliphatic rings. The Morgan fingerprint density at radius 2 is 1.75 bits per heavy atom. The molecule has 1 amide bonds. The van der Waals surface area contributed by atoms with Crippen molar-refractivity contribution in [1.29, 1.82) is 0 Å². The first kappa shape index (κ1) is 20.2. The van der Waals surface area contributed by atoms with Crippen molar-refractivity contribution < 1.29 is 17.9 Å². The standard InChI is InChI=1S/C21H26N2O4S/c1-16-5-4-14-23(15-16)21(24)17-6-8-18(9-7-17)22(2)28(25,26)20-12-10-19(27-3)11-13-20/h6-13,16H,4-5,14-15H2,1-3H3. The highest BCUT2D eigenvalue weighted by molar-refractivity contribution is 7.92. The van der Waals surface area contributed by atoms with Gasteiger partial charge < -0.3 is 9.64 Å². The average molecular weight is 403 g/mol. The van der Waals surface area contributed by atoms with Gasteiger partial charge in [0.25, 0.3) is 15.9 Å². The number of hydrogen-bond donors (Lipinski definition) is 0. The molecule has 0 aliphatic carbocycles. The zero-order chi connectivity index (χ0) is 20.3. The second-order valence-electron chi connectivity index (χ2n) is 7.19. The quantitative estimate of drug-likeness (QED) is 0.769. The zero-order valence-corrected chi connectivity index (χ0v) is 17.3. The Morgan fingerprint density at radius 1 is 1.11 bits per heavy atom. The number of likely N-dealkylation sites (tertiary alicyclic amines) is 1. The molecule has 150 valence electrons. The lowest BCUT2D eigenvalue weighted by Gasteiger charge is -2.31. The van der Waals surface area contributed by atoms with Crippen LogP contribution in [-0.2, 0) is 10.0 Å². The summed E-state index contributed by atoms with van der Waals surface area (Å²) in [6.07, 6.45) is 2.17. The van der Waals surface area contributed by atoms with Gasteiger partial charge in [-0.15, -0.1) is 0 Å². The summed E-state index contributed by atoms with van der Waals surface area (Å²) < 4.78 is 32.0. The number of rotatable bonds is 5. The normalized spacial score (nSPS) is 17.2. The van der Waals surface area contributed by atoms with E-state index in [1.807, 2.05) is 4.90 Å². The number of carbonyl (C=O) groups excluding carboxylic acids is 1. The van der Waals surface area contributed by atoms with Crippen molar-refractivity contribution in [1.82, 2.24) is 4.90 Å². The van der Waals surface area contributed by atoms with Crippen LogP contribution < -0.4 is 9.04 Å². The van der Waals surface area contributed by atoms with Crippen molar-refractivity contribution in [3.63, 3.8) is 0 Å². The maximum absolute atomic E-state index is 12.8. The maximum atomic E-state index is 12.8. The van der Waals surface area contributed by atoms with Crippen molar-refractivity contribution in [3.05, 3.63) is 54.1 Å². The van der Waals surface area contributed by atoms with Gasteiger partial charge in [-0.05, 0) is 67.3 Å². The lowest BCUT2D eigenvalue weighted by Crippen LogP contribution is -2.39. The van der Waals surface area contributed by atoms with Crippen LogP contribution in [0.15, 0.2) is 53.4 Å². The molecule has 1 fully saturated rings. The molecule has 1 aliphatic heterocycles. The van der Waals surface area contributed by atoms with Crippen LogP contribution >= 0.6 is 0 Å². The lowest BCUT2D eigenvalue weighted by atomic mass is 9.99. The predicted molar refractivity (Wildman–Crippen MR) is 109 cm³/mol. The molecule has 7 heteroatoms. The van der Waals surface area contributed by atoms with Gasteiger partial charge in [0.05, 0.1) is 17.7 Å². The third-order valence-corrected chi connectivity index (χ3v) is 6.94. The predicted octanol–water partition coefficient (Wildman–Crippen LogP) is 3.39. The Bertz CT molecular complexity index is 924. The van der Waals surface area contributed by atoms with Crippen LogP contribution in [-0.4, -0.2) is 46.5 Å². The van der Waals surface area contributed by atoms with Crippen molar-refractivity contribution in [2.75, 3.05) is 31.6 Å². The number of piperidine rings is 1. The van der Waals surface area contributed by atoms with Crippen LogP contribution in [0, 0.1) is 5.92 Å². The van der Waals surface area contributed by atoms with Crippen molar-refractivity contribution in [3.8, 4) is 5.75 Å². The first-order valence-electron chi connectivity index (χ1n) is 9.35. The molecule has 6 nitrogen and oxygen atoms in total. The fraction of sp³-hybridized carbons (Fsp3) is 0.381. The summed E-state index contributed by atoms with van der Waals surface area (Å²) in [6.45, 7) is 3.70. The molecule has 2 aromatic rings. The summed E-state index contributed by atoms with van der Waals surface area (Å²) in [6, 6.07) is 13.0. The number of anilines is 1. The van der Waals surface area contributed by atoms with Gasteiger partial charge in [-0.1, -0.05) is 6.92 Å². The Labute approximate surface area is 166 Å². The molecule has 0 spiro atoms. The molecule has 0 bridgehead atoms. The molecular formula is C21H26N2O4S. The third-order valence-electron chi connectivity index (χ3n) is 5.14. The van der Waals surface area contributed by atoms with E-state index in [1.165, 1.54) is 30.6 Å². The van der Waals surface area contributed by atoms with Crippen LogP contribution in [0.5, 0.6) is 5.75 Å². The summed E-state index contributed by atoms with van der Waals surface area (Å²) in [5, 5.41) is 0. The Morgan fingerprint density at radius 3 is 2.32 bits per heavy atom. The van der Waals surface area contributed by atoms with E-state index < -0.39 is 10.0 Å². The van der Waals surface area contributed by atoms with Crippen LogP contribution in [0.25, 0.3) is 0 Å². The third kappa shape index (κ3) is 4.14. The SMILES string of the molecule is COc1ccc(S(=O)(=O)N(C)c2ccc(C(=O)N3CCCC(C)C3)cc2)cc1. The molecular weight excluding hydrogens is 376 g/mol. The number of methoxy groups -OCH3 is 1. The number of amides is 1. The van der Waals surface area contributed by atoms with Crippen molar-refractivity contribution in [2.24, 2.45) is 5.92 Å². The summed E-state index contributed by atoms with van der Waals surface area (Å²) in [5.41, 5.74) is 1.08. The van der Waals surface area contributed by atoms with Crippen LogP contribution in [0.3, 0.4) is 0 Å². The van der Waals surface area contributed by atoms with E-state index >= 15 is 0 Å². The average Bonchev–Trinajstić information content (AvgIpc) is 2.72. The van der Waals surface area contributed by atoms with E-state index in [1.54, 1.807) is 36.4 Å². The Kier molecular flexibility index (Phi) is 5.93. The summed E-state index contributed by atoms with van der Waals surface area (Å²) in [4.78, 5) is 14.7. The van der Waals surface area contributed by atoms with Gasteiger partial charge in [-0.2, -0.15) is 0 Å². The van der Waals surface area contributed by atoms with E-state index in [2.05, 4.69) is 6.92 Å². The highest BCUT2D eigenvalue weighted by Gasteiger charge is 2.24. The smallest absolute Gasteiger partial charge is 0.264 e. The number of carbonyl (C=O) groups is 1. The largest absolute Gasteiger partial charge is 0.497 e. The molecule has 1 saturated heterocycles. The summed E-state index contributed by atoms with van der Waals surface area (Å²) >= 11 is 0. The van der Waals surface area contributed by atoms with Crippen LogP contribution in [0.1, 0.15) is 30.1 Å². The fourth-order valence-electron chi connectivity index (χ4n) is 3.41. The molecule has 1 unspecified atom stereocenters. The molecule has 2 aromatic carbocycles. The molecule has 1 heterocycles. The van der Waals surface area contributed by atoms with Crippen molar-refractivity contribution >= 4 is 21.6 Å². The second kappa shape index (κ2) is 8.22. The van der Waals surface area contributed by atoms with Crippen LogP contribution in [0.4, 0.5) is 5.69 Å². The topological polar surface area (TPSA) is 66.9 Å². The molecule has 0 radical (unpaired) electrons. The van der Waals surface area contributed by atoms with Gasteiger partial charge in [0.1, 0.15) is 5.75 Å². The number of benzene rings is 2. The Balaban J connectivity index is 1.77. The van der Waals surface area contributed by atoms with E-state index in [-0.39, 0.29) is 10.8 Å². The highest BCUT2D eigenvalue weighted by atomic mass is 32.2. The van der Waals surface area contributed by atoms with E-state index in [4.69, 9.17) is 4.74 Å². The van der Waals surface area contributed by atoms with Gasteiger partial charge in [-0.25, -0.2) is 8.42 Å². The minimum atomic E-state index is -3.70. The van der Waals surface area contributed by atoms with Crippen LogP contribution in [0.2, 0.25) is 0 Å². The summed E-state index contributed by atoms with van der Waals surface area (Å²) in [7, 11) is -0.662. The zero-order valence-electron chi connectivity index (χ0n) is 16.5. The molecule has 28 heavy (non-hydrogen) atoms. The molecule has 0 saturated carbocycles. The molecule has 0 aromatic heterocycles. The first-order chi connectivity index (χ1) is 13.3. The monoisotopic (exact) mass is 402 g/mol. The molecule has 1 atom stereocenters. The van der Waals surface area contributed by atoms with E-state index in [0.29, 0.717) is 22.9 Å². The fourth-order valence-corrected chi connectivity index (χ4v) is 4.61. The van der Waals surface area contributed by atoms with Gasteiger partial charge in [0.2, 0.25) is 0 Å². The van der Waals surface area contributed by atoms with Crippen molar-refractivity contribution in [2.45, 2.75) is 24.7 Å². The number of sulfonamides is 1. The van der Waals surface area contributed by atoms with Gasteiger partial charge in [0.15, 0.2) is 0 Å². The highest BCUT2D eigenvalue weighted by Crippen LogP contribution is 2.25. The molecule has 3 rings (SSSR count). The lowest BCUT2D eigenvalue weighted by molar-refractivity contribution is 0.0683. The minimum Gasteiger partial charge on any atom is -0.497 e. The van der Waals surface area contributed by atoms with E-state index in [0.717, 1.165) is 25.9 Å². The Hall–Kier alpha value is -2.54. The van der Waals surface area contributed by atoms with Gasteiger partial charge in [0, 0.05) is 25.7 Å². The molecule has 0 N–H and O–H groups in total. The summed E-state index contributed by atoms with van der Waals surface area (Å²) in [5.74, 6) is 1.10. The second-order valence-corrected chi connectivity index (χ2v) is 9.16.